The van der Waals surface area contributed by atoms with E-state index in [2.05, 4.69) is 60.3 Å². The number of fused-ring (bicyclic) bond motifs is 6. The monoisotopic (exact) mass is 714 g/mol. The van der Waals surface area contributed by atoms with E-state index in [4.69, 9.17) is 24.2 Å². The quantitative estimate of drug-likeness (QED) is 0.265. The van der Waals surface area contributed by atoms with Gasteiger partial charge in [0.15, 0.2) is 0 Å². The third-order valence-electron chi connectivity index (χ3n) is 10.1. The van der Waals surface area contributed by atoms with Gasteiger partial charge in [0.1, 0.15) is 18.2 Å². The number of nitrogens with zero attached hydrogens (tertiary/aromatic N) is 4. The van der Waals surface area contributed by atoms with E-state index in [0.29, 0.717) is 43.8 Å². The highest BCUT2D eigenvalue weighted by molar-refractivity contribution is 7.10. The van der Waals surface area contributed by atoms with Crippen molar-refractivity contribution >= 4 is 40.0 Å². The summed E-state index contributed by atoms with van der Waals surface area (Å²) in [5.74, 6) is -1.05. The minimum absolute atomic E-state index is 0.180. The maximum absolute atomic E-state index is 14.0. The van der Waals surface area contributed by atoms with Crippen molar-refractivity contribution in [2.75, 3.05) is 26.9 Å². The van der Waals surface area contributed by atoms with E-state index in [0.717, 1.165) is 51.2 Å². The van der Waals surface area contributed by atoms with Crippen LogP contribution in [0.2, 0.25) is 0 Å². The Morgan fingerprint density at radius 3 is 2.80 bits per heavy atom. The molecule has 6 bridgehead atoms. The number of amides is 2. The van der Waals surface area contributed by atoms with Gasteiger partial charge in [-0.2, -0.15) is 0 Å². The number of hydrazine groups is 1. The zero-order valence-corrected chi connectivity index (χ0v) is 30.7. The third-order valence-corrected chi connectivity index (χ3v) is 11.0. The summed E-state index contributed by atoms with van der Waals surface area (Å²) in [6, 6.07) is 8.91. The summed E-state index contributed by atoms with van der Waals surface area (Å²) in [5, 5.41) is 8.19. The fourth-order valence-corrected chi connectivity index (χ4v) is 8.12. The van der Waals surface area contributed by atoms with Crippen LogP contribution in [0.15, 0.2) is 41.9 Å². The minimum atomic E-state index is -0.890. The number of ether oxygens (including phenoxy) is 3. The van der Waals surface area contributed by atoms with E-state index in [-0.39, 0.29) is 30.9 Å². The van der Waals surface area contributed by atoms with Crippen LogP contribution in [0.4, 0.5) is 0 Å². The number of cyclic esters (lactones) is 1. The van der Waals surface area contributed by atoms with Gasteiger partial charge in [0.2, 0.25) is 5.91 Å². The van der Waals surface area contributed by atoms with Gasteiger partial charge in [0, 0.05) is 72.1 Å². The van der Waals surface area contributed by atoms with Gasteiger partial charge >= 0.3 is 5.97 Å². The molecule has 1 aromatic carbocycles. The van der Waals surface area contributed by atoms with Gasteiger partial charge in [0.05, 0.1) is 41.4 Å². The number of rotatable bonds is 6. The summed E-state index contributed by atoms with van der Waals surface area (Å²) in [6.45, 7) is 10.2. The summed E-state index contributed by atoms with van der Waals surface area (Å²) < 4.78 is 19.5. The molecule has 3 aliphatic heterocycles. The van der Waals surface area contributed by atoms with Crippen molar-refractivity contribution in [1.29, 1.82) is 0 Å². The van der Waals surface area contributed by atoms with Crippen LogP contribution in [-0.2, 0) is 48.0 Å². The largest absolute Gasteiger partial charge is 0.464 e. The van der Waals surface area contributed by atoms with Crippen molar-refractivity contribution in [3.8, 4) is 22.5 Å². The molecule has 4 aromatic rings. The molecule has 13 heteroatoms. The van der Waals surface area contributed by atoms with Crippen molar-refractivity contribution in [1.82, 2.24) is 30.3 Å². The Hall–Kier alpha value is -4.17. The van der Waals surface area contributed by atoms with Crippen LogP contribution in [0.3, 0.4) is 0 Å². The maximum atomic E-state index is 14.0. The number of carbonyl (C=O) groups is 3. The third kappa shape index (κ3) is 7.04. The molecule has 6 heterocycles. The van der Waals surface area contributed by atoms with Gasteiger partial charge in [-0.3, -0.25) is 24.4 Å². The average molecular weight is 715 g/mol. The van der Waals surface area contributed by atoms with Gasteiger partial charge in [-0.25, -0.2) is 10.4 Å². The Kier molecular flexibility index (Phi) is 9.99. The number of aryl methyl sites for hydroxylation is 1. The maximum Gasteiger partial charge on any atom is 0.324 e. The molecular weight excluding hydrogens is 669 g/mol. The Bertz CT molecular complexity index is 1950. The summed E-state index contributed by atoms with van der Waals surface area (Å²) in [4.78, 5) is 50.3. The first-order chi connectivity index (χ1) is 24.6. The number of benzene rings is 1. The Morgan fingerprint density at radius 1 is 1.24 bits per heavy atom. The fraction of sp³-hybridized carbons (Fsp3) is 0.500. The molecule has 3 aliphatic rings. The average Bonchev–Trinajstić information content (AvgIpc) is 3.70. The summed E-state index contributed by atoms with van der Waals surface area (Å²) in [5.41, 5.74) is 9.56. The molecule has 12 nitrogen and oxygen atoms in total. The van der Waals surface area contributed by atoms with Crippen LogP contribution < -0.4 is 10.7 Å². The van der Waals surface area contributed by atoms with Crippen LogP contribution in [0.25, 0.3) is 33.4 Å². The predicted octanol–water partition coefficient (Wildman–Crippen LogP) is 4.99. The lowest BCUT2D eigenvalue weighted by atomic mass is 9.84. The van der Waals surface area contributed by atoms with Crippen molar-refractivity contribution in [3.05, 3.63) is 58.2 Å². The molecule has 3 aromatic heterocycles. The van der Waals surface area contributed by atoms with E-state index >= 15 is 0 Å². The summed E-state index contributed by atoms with van der Waals surface area (Å²) in [7, 11) is 1.69. The molecule has 51 heavy (non-hydrogen) atoms. The zero-order valence-electron chi connectivity index (χ0n) is 29.9. The second-order valence-electron chi connectivity index (χ2n) is 14.4. The standard InChI is InChI=1S/C38H46N6O6S/c1-6-43-30-12-11-23-17-25(30)26(34(43)24-9-7-14-39-33(24)22(2)48-5)19-38(3,4)21-50-37(47)27-10-8-15-44(42-27)36(46)28(18-32-40-29(23)20-51-32)41-35(45)31-13-16-49-31/h7,9,11-12,14,17,20,22,27-28,31,42H,6,8,10,13,15-16,18-19,21H2,1-5H3,(H,41,45)/t22-,27-,28-,31-/m0/s1. The first kappa shape index (κ1) is 35.2. The van der Waals surface area contributed by atoms with E-state index < -0.39 is 29.6 Å². The van der Waals surface area contributed by atoms with E-state index in [1.54, 1.807) is 13.3 Å². The lowest BCUT2D eigenvalue weighted by Gasteiger charge is -2.36. The normalized spacial score (nSPS) is 22.9. The molecule has 2 amide bonds. The van der Waals surface area contributed by atoms with Crippen molar-refractivity contribution in [2.45, 2.75) is 90.6 Å². The number of aromatic nitrogens is 3. The van der Waals surface area contributed by atoms with Crippen LogP contribution in [0, 0.1) is 5.41 Å². The second-order valence-corrected chi connectivity index (χ2v) is 15.4. The second kappa shape index (κ2) is 14.5. The molecule has 0 radical (unpaired) electrons. The van der Waals surface area contributed by atoms with Gasteiger partial charge in [0.25, 0.3) is 5.91 Å². The predicted molar refractivity (Wildman–Crippen MR) is 194 cm³/mol. The topological polar surface area (TPSA) is 137 Å². The van der Waals surface area contributed by atoms with Crippen molar-refractivity contribution in [3.63, 3.8) is 0 Å². The van der Waals surface area contributed by atoms with Crippen LogP contribution in [0.1, 0.15) is 69.3 Å². The molecule has 0 saturated carbocycles. The Balaban J connectivity index is 1.36. The summed E-state index contributed by atoms with van der Waals surface area (Å²) >= 11 is 1.46. The molecule has 7 rings (SSSR count). The van der Waals surface area contributed by atoms with E-state index in [9.17, 15) is 14.4 Å². The first-order valence-electron chi connectivity index (χ1n) is 17.8. The lowest BCUT2D eigenvalue weighted by Crippen LogP contribution is -2.61. The highest BCUT2D eigenvalue weighted by Gasteiger charge is 2.37. The number of nitrogens with one attached hydrogen (secondary N) is 2. The van der Waals surface area contributed by atoms with Gasteiger partial charge in [-0.1, -0.05) is 19.9 Å². The SMILES string of the molecule is CCn1c(-c2cccnc2[C@H](C)OC)c2c3cc(ccc31)-c1csc(n1)C[C@H](NC(=O)[C@@H]1CCO1)C(=O)N1CCC[C@H](N1)C(=O)OCC(C)(C)C2. The number of hydrogen-bond donors (Lipinski definition) is 2. The van der Waals surface area contributed by atoms with Gasteiger partial charge in [-0.15, -0.1) is 11.3 Å². The first-order valence-corrected chi connectivity index (χ1v) is 18.7. The molecule has 4 atom stereocenters. The molecule has 270 valence electrons. The van der Waals surface area contributed by atoms with E-state index in [1.807, 2.05) is 18.4 Å². The molecule has 2 fully saturated rings. The lowest BCUT2D eigenvalue weighted by molar-refractivity contribution is -0.156. The number of methoxy groups -OCH3 is 1. The zero-order chi connectivity index (χ0) is 35.9. The van der Waals surface area contributed by atoms with Gasteiger partial charge in [-0.05, 0) is 62.9 Å². The number of esters is 1. The number of pyridine rings is 1. The van der Waals surface area contributed by atoms with E-state index in [1.165, 1.54) is 16.3 Å². The van der Waals surface area contributed by atoms with Gasteiger partial charge < -0.3 is 24.1 Å². The number of hydrogen-bond acceptors (Lipinski definition) is 10. The smallest absolute Gasteiger partial charge is 0.324 e. The molecular formula is C38H46N6O6S. The van der Waals surface area contributed by atoms with Crippen LogP contribution in [-0.4, -0.2) is 82.4 Å². The Morgan fingerprint density at radius 2 is 2.06 bits per heavy atom. The minimum Gasteiger partial charge on any atom is -0.464 e. The number of thiazole rings is 1. The highest BCUT2D eigenvalue weighted by atomic mass is 32.1. The molecule has 0 aliphatic carbocycles. The molecule has 2 saturated heterocycles. The summed E-state index contributed by atoms with van der Waals surface area (Å²) in [6.07, 6.45) is 3.59. The van der Waals surface area contributed by atoms with Crippen molar-refractivity contribution < 1.29 is 28.6 Å². The molecule has 0 spiro atoms. The molecule has 2 N–H and O–H groups in total. The van der Waals surface area contributed by atoms with Crippen LogP contribution >= 0.6 is 11.3 Å². The fourth-order valence-electron chi connectivity index (χ4n) is 7.27. The molecule has 0 unspecified atom stereocenters. The van der Waals surface area contributed by atoms with Crippen LogP contribution in [0.5, 0.6) is 0 Å². The highest BCUT2D eigenvalue weighted by Crippen LogP contribution is 2.42. The van der Waals surface area contributed by atoms with Crippen molar-refractivity contribution in [2.24, 2.45) is 5.41 Å². The Labute approximate surface area is 301 Å². The number of carbonyl (C=O) groups excluding carboxylic acids is 3.